The summed E-state index contributed by atoms with van der Waals surface area (Å²) in [5.41, 5.74) is 3.65. The number of carbonyl (C=O) groups excluding carboxylic acids is 1. The van der Waals surface area contributed by atoms with E-state index in [1.54, 1.807) is 0 Å². The second kappa shape index (κ2) is 8.28. The van der Waals surface area contributed by atoms with E-state index in [1.807, 2.05) is 103 Å². The zero-order chi connectivity index (χ0) is 21.0. The van der Waals surface area contributed by atoms with E-state index in [4.69, 9.17) is 9.57 Å². The number of oxime groups is 1. The molecule has 0 atom stereocenters. The van der Waals surface area contributed by atoms with Gasteiger partial charge < -0.3 is 9.57 Å². The monoisotopic (exact) mass is 405 g/mol. The van der Waals surface area contributed by atoms with Crippen LogP contribution in [0.25, 0.3) is 16.8 Å². The lowest BCUT2D eigenvalue weighted by molar-refractivity contribution is -0.136. The van der Waals surface area contributed by atoms with E-state index in [2.05, 4.69) is 5.16 Å². The number of hydrogen-bond acceptors (Lipinski definition) is 4. The fourth-order valence-electron chi connectivity index (χ4n) is 3.64. The zero-order valence-corrected chi connectivity index (χ0v) is 16.7. The number of carbonyl (C=O) groups is 1. The largest absolute Gasteiger partial charge is 0.488 e. The van der Waals surface area contributed by atoms with Crippen molar-refractivity contribution in [1.82, 2.24) is 0 Å². The summed E-state index contributed by atoms with van der Waals surface area (Å²) >= 11 is 0. The van der Waals surface area contributed by atoms with Gasteiger partial charge in [0.1, 0.15) is 18.1 Å². The Morgan fingerprint density at radius 2 is 1.52 bits per heavy atom. The predicted octanol–water partition coefficient (Wildman–Crippen LogP) is 5.76. The van der Waals surface area contributed by atoms with Gasteiger partial charge in [-0.1, -0.05) is 96.2 Å². The second-order valence-electron chi connectivity index (χ2n) is 7.22. The number of nitrogens with zero attached hydrogens (tertiary/aromatic N) is 1. The standard InChI is InChI=1S/C27H19NO3/c29-27-24(26(28-31-27)21-12-5-2-6-13-21)17-23-22-14-8-7-11-20(22)15-16-25(23)30-18-19-9-3-1-4-10-19/h1-17H,18H2/b24-17-. The zero-order valence-electron chi connectivity index (χ0n) is 16.7. The Bertz CT molecular complexity index is 1310. The third-order valence-corrected chi connectivity index (χ3v) is 5.20. The molecular weight excluding hydrogens is 386 g/mol. The van der Waals surface area contributed by atoms with Crippen molar-refractivity contribution in [2.24, 2.45) is 5.16 Å². The minimum absolute atomic E-state index is 0.409. The van der Waals surface area contributed by atoms with Gasteiger partial charge in [-0.3, -0.25) is 0 Å². The van der Waals surface area contributed by atoms with Crippen molar-refractivity contribution in [3.05, 3.63) is 119 Å². The van der Waals surface area contributed by atoms with Crippen molar-refractivity contribution in [2.45, 2.75) is 6.61 Å². The van der Waals surface area contributed by atoms with E-state index in [1.165, 1.54) is 0 Å². The van der Waals surface area contributed by atoms with Crippen molar-refractivity contribution >= 4 is 28.5 Å². The molecule has 1 aliphatic heterocycles. The smallest absolute Gasteiger partial charge is 0.368 e. The quantitative estimate of drug-likeness (QED) is 0.313. The molecule has 0 bridgehead atoms. The molecule has 1 aliphatic rings. The Morgan fingerprint density at radius 3 is 2.32 bits per heavy atom. The summed E-state index contributed by atoms with van der Waals surface area (Å²) in [5, 5.41) is 6.08. The molecule has 0 N–H and O–H groups in total. The maximum absolute atomic E-state index is 12.5. The van der Waals surface area contributed by atoms with Gasteiger partial charge in [-0.05, 0) is 28.5 Å². The van der Waals surface area contributed by atoms with Crippen LogP contribution < -0.4 is 4.74 Å². The predicted molar refractivity (Wildman–Crippen MR) is 122 cm³/mol. The number of ether oxygens (including phenoxy) is 1. The van der Waals surface area contributed by atoms with Gasteiger partial charge in [-0.2, -0.15) is 0 Å². The van der Waals surface area contributed by atoms with Gasteiger partial charge in [0.25, 0.3) is 0 Å². The van der Waals surface area contributed by atoms with E-state index in [0.29, 0.717) is 23.6 Å². The Hall–Kier alpha value is -4.18. The highest BCUT2D eigenvalue weighted by atomic mass is 16.7. The first-order valence-electron chi connectivity index (χ1n) is 10.0. The molecule has 0 aromatic heterocycles. The van der Waals surface area contributed by atoms with E-state index in [0.717, 1.165) is 27.5 Å². The molecule has 0 amide bonds. The lowest BCUT2D eigenvalue weighted by Gasteiger charge is -2.13. The molecule has 0 unspecified atom stereocenters. The molecule has 31 heavy (non-hydrogen) atoms. The molecular formula is C27H19NO3. The molecule has 4 nitrogen and oxygen atoms in total. The van der Waals surface area contributed by atoms with Crippen LogP contribution in [0.5, 0.6) is 5.75 Å². The van der Waals surface area contributed by atoms with Crippen molar-refractivity contribution in [3.8, 4) is 5.75 Å². The molecule has 0 radical (unpaired) electrons. The average molecular weight is 405 g/mol. The molecule has 0 saturated heterocycles. The highest BCUT2D eigenvalue weighted by molar-refractivity contribution is 6.31. The number of benzene rings is 4. The highest BCUT2D eigenvalue weighted by Crippen LogP contribution is 2.32. The van der Waals surface area contributed by atoms with E-state index in [-0.39, 0.29) is 0 Å². The lowest BCUT2D eigenvalue weighted by atomic mass is 9.97. The molecule has 0 saturated carbocycles. The average Bonchev–Trinajstić information content (AvgIpc) is 3.20. The van der Waals surface area contributed by atoms with E-state index >= 15 is 0 Å². The van der Waals surface area contributed by atoms with Crippen LogP contribution in [0.1, 0.15) is 16.7 Å². The maximum Gasteiger partial charge on any atom is 0.368 e. The van der Waals surface area contributed by atoms with Crippen LogP contribution >= 0.6 is 0 Å². The van der Waals surface area contributed by atoms with Crippen molar-refractivity contribution in [3.63, 3.8) is 0 Å². The minimum Gasteiger partial charge on any atom is -0.488 e. The first-order chi connectivity index (χ1) is 15.3. The molecule has 4 heteroatoms. The van der Waals surface area contributed by atoms with Crippen LogP contribution in [0.3, 0.4) is 0 Å². The van der Waals surface area contributed by atoms with E-state index < -0.39 is 5.97 Å². The molecule has 0 spiro atoms. The molecule has 0 aliphatic carbocycles. The van der Waals surface area contributed by atoms with Gasteiger partial charge >= 0.3 is 5.97 Å². The Labute approximate surface area is 180 Å². The van der Waals surface area contributed by atoms with E-state index in [9.17, 15) is 4.79 Å². The maximum atomic E-state index is 12.5. The van der Waals surface area contributed by atoms with Gasteiger partial charge in [0.05, 0.1) is 5.57 Å². The van der Waals surface area contributed by atoms with Crippen LogP contribution in [-0.4, -0.2) is 11.7 Å². The van der Waals surface area contributed by atoms with Gasteiger partial charge in [-0.15, -0.1) is 0 Å². The van der Waals surface area contributed by atoms with Gasteiger partial charge in [0, 0.05) is 11.1 Å². The fourth-order valence-corrected chi connectivity index (χ4v) is 3.64. The minimum atomic E-state index is -0.471. The van der Waals surface area contributed by atoms with Crippen LogP contribution in [0.2, 0.25) is 0 Å². The number of rotatable bonds is 5. The second-order valence-corrected chi connectivity index (χ2v) is 7.22. The topological polar surface area (TPSA) is 47.9 Å². The first-order valence-corrected chi connectivity index (χ1v) is 10.0. The summed E-state index contributed by atoms with van der Waals surface area (Å²) in [6.45, 7) is 0.430. The summed E-state index contributed by atoms with van der Waals surface area (Å²) in [6.07, 6.45) is 1.82. The summed E-state index contributed by atoms with van der Waals surface area (Å²) in [7, 11) is 0. The van der Waals surface area contributed by atoms with Crippen molar-refractivity contribution in [1.29, 1.82) is 0 Å². The third kappa shape index (κ3) is 3.83. The Kier molecular flexibility index (Phi) is 5.03. The van der Waals surface area contributed by atoms with Gasteiger partial charge in [0.15, 0.2) is 0 Å². The van der Waals surface area contributed by atoms with Gasteiger partial charge in [0.2, 0.25) is 0 Å². The SMILES string of the molecule is O=C1ON=C(c2ccccc2)/C1=C/c1c(OCc2ccccc2)ccc2ccccc12. The van der Waals surface area contributed by atoms with Crippen LogP contribution in [-0.2, 0) is 16.2 Å². The van der Waals surface area contributed by atoms with Crippen molar-refractivity contribution < 1.29 is 14.4 Å². The molecule has 150 valence electrons. The fraction of sp³-hybridized carbons (Fsp3) is 0.0370. The van der Waals surface area contributed by atoms with Crippen LogP contribution in [0.15, 0.2) is 108 Å². The summed E-state index contributed by atoms with van der Waals surface area (Å²) < 4.78 is 6.18. The molecule has 4 aromatic rings. The first kappa shape index (κ1) is 18.8. The highest BCUT2D eigenvalue weighted by Gasteiger charge is 2.27. The summed E-state index contributed by atoms with van der Waals surface area (Å²) in [5.74, 6) is 0.225. The van der Waals surface area contributed by atoms with Crippen LogP contribution in [0, 0.1) is 0 Å². The summed E-state index contributed by atoms with van der Waals surface area (Å²) in [4.78, 5) is 17.6. The van der Waals surface area contributed by atoms with Gasteiger partial charge in [-0.25, -0.2) is 4.79 Å². The normalized spacial score (nSPS) is 14.5. The molecule has 5 rings (SSSR count). The molecule has 4 aromatic carbocycles. The Morgan fingerprint density at radius 1 is 0.806 bits per heavy atom. The lowest BCUT2D eigenvalue weighted by Crippen LogP contribution is -2.07. The number of hydrogen-bond donors (Lipinski definition) is 0. The van der Waals surface area contributed by atoms with Crippen LogP contribution in [0.4, 0.5) is 0 Å². The summed E-state index contributed by atoms with van der Waals surface area (Å²) in [6, 6.07) is 31.5. The molecule has 0 fully saturated rings. The number of fused-ring (bicyclic) bond motifs is 1. The third-order valence-electron chi connectivity index (χ3n) is 5.20. The van der Waals surface area contributed by atoms with Crippen molar-refractivity contribution in [2.75, 3.05) is 0 Å². The Balaban J connectivity index is 1.60. The molecule has 1 heterocycles.